The van der Waals surface area contributed by atoms with Crippen LogP contribution >= 0.6 is 0 Å². The molecule has 0 heterocycles. The minimum atomic E-state index is -0.401. The molecule has 2 unspecified atom stereocenters. The van der Waals surface area contributed by atoms with E-state index in [2.05, 4.69) is 18.9 Å². The van der Waals surface area contributed by atoms with Gasteiger partial charge in [-0.05, 0) is 39.2 Å². The second kappa shape index (κ2) is 4.52. The predicted molar refractivity (Wildman–Crippen MR) is 60.6 cm³/mol. The number of rotatable bonds is 5. The van der Waals surface area contributed by atoms with Crippen LogP contribution in [0.25, 0.3) is 0 Å². The molecule has 0 aromatic heterocycles. The molecule has 2 atom stereocenters. The van der Waals surface area contributed by atoms with Gasteiger partial charge in [0, 0.05) is 13.1 Å². The van der Waals surface area contributed by atoms with Gasteiger partial charge in [-0.25, -0.2) is 0 Å². The first-order valence-corrected chi connectivity index (χ1v) is 5.64. The molecule has 1 aliphatic carbocycles. The van der Waals surface area contributed by atoms with Gasteiger partial charge in [-0.3, -0.25) is 4.79 Å². The number of carbonyl (C=O) groups excluding carboxylic acids is 1. The zero-order valence-electron chi connectivity index (χ0n) is 10.5. The predicted octanol–water partition coefficient (Wildman–Crippen LogP) is 1.77. The summed E-state index contributed by atoms with van der Waals surface area (Å²) in [6.45, 7) is 8.02. The molecule has 1 rings (SSSR count). The molecule has 0 amide bonds. The molecule has 0 aliphatic heterocycles. The van der Waals surface area contributed by atoms with Crippen LogP contribution in [0.2, 0.25) is 0 Å². The van der Waals surface area contributed by atoms with Crippen molar-refractivity contribution in [3.8, 4) is 0 Å². The van der Waals surface area contributed by atoms with Crippen molar-refractivity contribution in [2.75, 3.05) is 27.2 Å². The van der Waals surface area contributed by atoms with Crippen molar-refractivity contribution < 1.29 is 9.53 Å². The number of hydrogen-bond donors (Lipinski definition) is 0. The Balaban J connectivity index is 2.35. The summed E-state index contributed by atoms with van der Waals surface area (Å²) in [6, 6.07) is 0. The average molecular weight is 213 g/mol. The monoisotopic (exact) mass is 213 g/mol. The van der Waals surface area contributed by atoms with Crippen LogP contribution in [0.3, 0.4) is 0 Å². The second-order valence-corrected chi connectivity index (χ2v) is 5.55. The molecule has 1 fully saturated rings. The van der Waals surface area contributed by atoms with E-state index in [1.165, 1.54) is 13.5 Å². The molecule has 3 nitrogen and oxygen atoms in total. The van der Waals surface area contributed by atoms with Crippen LogP contribution in [0.4, 0.5) is 0 Å². The maximum atomic E-state index is 11.5. The summed E-state index contributed by atoms with van der Waals surface area (Å²) in [6.07, 6.45) is 1.34. The van der Waals surface area contributed by atoms with Gasteiger partial charge in [-0.15, -0.1) is 0 Å². The van der Waals surface area contributed by atoms with Crippen LogP contribution < -0.4 is 0 Å². The Bertz CT molecular complexity index is 238. The molecule has 0 bridgehead atoms. The molecule has 0 radical (unpaired) electrons. The third kappa shape index (κ3) is 3.49. The van der Waals surface area contributed by atoms with Gasteiger partial charge in [0.15, 0.2) is 0 Å². The maximum absolute atomic E-state index is 11.5. The third-order valence-corrected chi connectivity index (χ3v) is 3.23. The van der Waals surface area contributed by atoms with E-state index in [-0.39, 0.29) is 5.97 Å². The van der Waals surface area contributed by atoms with E-state index in [9.17, 15) is 4.79 Å². The highest BCUT2D eigenvalue weighted by atomic mass is 16.5. The third-order valence-electron chi connectivity index (χ3n) is 3.23. The lowest BCUT2D eigenvalue weighted by atomic mass is 9.93. The van der Waals surface area contributed by atoms with Crippen molar-refractivity contribution >= 4 is 5.97 Å². The van der Waals surface area contributed by atoms with E-state index < -0.39 is 5.41 Å². The molecule has 1 aliphatic rings. The van der Waals surface area contributed by atoms with Crippen LogP contribution in [0.1, 0.15) is 27.2 Å². The van der Waals surface area contributed by atoms with Gasteiger partial charge in [0.05, 0.1) is 12.5 Å². The minimum absolute atomic E-state index is 0.127. The highest BCUT2D eigenvalue weighted by Crippen LogP contribution is 2.38. The molecule has 0 aromatic carbocycles. The van der Waals surface area contributed by atoms with Gasteiger partial charge >= 0.3 is 5.97 Å². The highest BCUT2D eigenvalue weighted by molar-refractivity contribution is 5.76. The number of ether oxygens (including phenoxy) is 1. The second-order valence-electron chi connectivity index (χ2n) is 5.55. The lowest BCUT2D eigenvalue weighted by molar-refractivity contribution is -0.151. The van der Waals surface area contributed by atoms with Crippen LogP contribution in [0.5, 0.6) is 0 Å². The smallest absolute Gasteiger partial charge is 0.312 e. The van der Waals surface area contributed by atoms with Crippen molar-refractivity contribution in [2.45, 2.75) is 27.2 Å². The summed E-state index contributed by atoms with van der Waals surface area (Å²) in [5.41, 5.74) is -0.401. The Labute approximate surface area is 92.8 Å². The van der Waals surface area contributed by atoms with E-state index in [4.69, 9.17) is 4.74 Å². The first kappa shape index (κ1) is 12.5. The Morgan fingerprint density at radius 1 is 1.53 bits per heavy atom. The quantitative estimate of drug-likeness (QED) is 0.652. The first-order valence-electron chi connectivity index (χ1n) is 5.64. The zero-order valence-corrected chi connectivity index (χ0v) is 10.5. The molecule has 0 N–H and O–H groups in total. The molecule has 0 saturated heterocycles. The number of esters is 1. The number of carbonyl (C=O) groups is 1. The van der Waals surface area contributed by atoms with Gasteiger partial charge < -0.3 is 9.64 Å². The Hall–Kier alpha value is -0.570. The van der Waals surface area contributed by atoms with Crippen molar-refractivity contribution in [1.29, 1.82) is 0 Å². The van der Waals surface area contributed by atoms with Crippen molar-refractivity contribution in [3.63, 3.8) is 0 Å². The fourth-order valence-electron chi connectivity index (χ4n) is 2.13. The van der Waals surface area contributed by atoms with Gasteiger partial charge in [-0.1, -0.05) is 6.92 Å². The zero-order chi connectivity index (χ0) is 11.6. The first-order chi connectivity index (χ1) is 6.86. The number of methoxy groups -OCH3 is 1. The van der Waals surface area contributed by atoms with Gasteiger partial charge in [-0.2, -0.15) is 0 Å². The van der Waals surface area contributed by atoms with E-state index >= 15 is 0 Å². The molecule has 0 aromatic rings. The molecule has 15 heavy (non-hydrogen) atoms. The van der Waals surface area contributed by atoms with Crippen LogP contribution in [0.15, 0.2) is 0 Å². The van der Waals surface area contributed by atoms with Crippen LogP contribution in [0, 0.1) is 17.3 Å². The van der Waals surface area contributed by atoms with Gasteiger partial charge in [0.25, 0.3) is 0 Å². The van der Waals surface area contributed by atoms with E-state index in [1.54, 1.807) is 0 Å². The Morgan fingerprint density at radius 3 is 2.47 bits per heavy atom. The van der Waals surface area contributed by atoms with Crippen molar-refractivity contribution in [1.82, 2.24) is 4.90 Å². The normalized spacial score (nSPS) is 25.5. The summed E-state index contributed by atoms with van der Waals surface area (Å²) in [7, 11) is 3.53. The summed E-state index contributed by atoms with van der Waals surface area (Å²) in [4.78, 5) is 13.7. The van der Waals surface area contributed by atoms with Crippen LogP contribution in [-0.2, 0) is 9.53 Å². The molecule has 1 saturated carbocycles. The average Bonchev–Trinajstić information content (AvgIpc) is 2.78. The molecular weight excluding hydrogens is 190 g/mol. The maximum Gasteiger partial charge on any atom is 0.312 e. The molecular formula is C12H23NO2. The summed E-state index contributed by atoms with van der Waals surface area (Å²) >= 11 is 0. The van der Waals surface area contributed by atoms with E-state index in [1.807, 2.05) is 13.8 Å². The van der Waals surface area contributed by atoms with Crippen LogP contribution in [-0.4, -0.2) is 38.1 Å². The molecule has 88 valence electrons. The standard InChI is InChI=1S/C12H23NO2/c1-9-6-10(9)7-13(4)8-12(2,3)11(14)15-5/h9-10H,6-8H2,1-5H3. The fourth-order valence-corrected chi connectivity index (χ4v) is 2.13. The molecule has 0 spiro atoms. The summed E-state index contributed by atoms with van der Waals surface area (Å²) < 4.78 is 4.79. The number of nitrogens with zero attached hydrogens (tertiary/aromatic N) is 1. The summed E-state index contributed by atoms with van der Waals surface area (Å²) in [5.74, 6) is 1.58. The lowest BCUT2D eigenvalue weighted by Gasteiger charge is -2.27. The van der Waals surface area contributed by atoms with Gasteiger partial charge in [0.1, 0.15) is 0 Å². The minimum Gasteiger partial charge on any atom is -0.469 e. The van der Waals surface area contributed by atoms with E-state index in [0.717, 1.165) is 24.9 Å². The van der Waals surface area contributed by atoms with Gasteiger partial charge in [0.2, 0.25) is 0 Å². The SMILES string of the molecule is COC(=O)C(C)(C)CN(C)CC1CC1C. The van der Waals surface area contributed by atoms with Crippen molar-refractivity contribution in [2.24, 2.45) is 17.3 Å². The Kier molecular flexibility index (Phi) is 3.77. The fraction of sp³-hybridized carbons (Fsp3) is 0.917. The lowest BCUT2D eigenvalue weighted by Crippen LogP contribution is -2.38. The van der Waals surface area contributed by atoms with E-state index in [0.29, 0.717) is 0 Å². The van der Waals surface area contributed by atoms with Crippen molar-refractivity contribution in [3.05, 3.63) is 0 Å². The Morgan fingerprint density at radius 2 is 2.07 bits per heavy atom. The largest absolute Gasteiger partial charge is 0.469 e. The highest BCUT2D eigenvalue weighted by Gasteiger charge is 2.36. The number of hydrogen-bond acceptors (Lipinski definition) is 3. The topological polar surface area (TPSA) is 29.5 Å². The molecule has 3 heteroatoms. The summed E-state index contributed by atoms with van der Waals surface area (Å²) in [5, 5.41) is 0.